The second-order valence-electron chi connectivity index (χ2n) is 3.73. The Kier molecular flexibility index (Phi) is 3.28. The predicted molar refractivity (Wildman–Crippen MR) is 61.8 cm³/mol. The quantitative estimate of drug-likeness (QED) is 0.912. The maximum absolute atomic E-state index is 12.6. The van der Waals surface area contributed by atoms with Crippen molar-refractivity contribution in [2.75, 3.05) is 7.11 Å². The summed E-state index contributed by atoms with van der Waals surface area (Å²) in [5.41, 5.74) is -1.40. The monoisotopic (exact) mass is 270 g/mol. The minimum absolute atomic E-state index is 0.0509. The summed E-state index contributed by atoms with van der Waals surface area (Å²) in [5, 5.41) is 0. The number of aromatic amines is 1. The molecule has 7 heteroatoms. The lowest BCUT2D eigenvalue weighted by Crippen LogP contribution is -2.13. The van der Waals surface area contributed by atoms with Crippen molar-refractivity contribution >= 4 is 0 Å². The first-order valence-corrected chi connectivity index (χ1v) is 5.22. The van der Waals surface area contributed by atoms with Gasteiger partial charge in [0.15, 0.2) is 0 Å². The van der Waals surface area contributed by atoms with Gasteiger partial charge in [0.1, 0.15) is 0 Å². The van der Waals surface area contributed by atoms with E-state index in [2.05, 4.69) is 9.97 Å². The molecule has 0 bridgehead atoms. The zero-order valence-electron chi connectivity index (χ0n) is 9.78. The average molecular weight is 270 g/mol. The first kappa shape index (κ1) is 13.1. The van der Waals surface area contributed by atoms with Crippen molar-refractivity contribution in [2.45, 2.75) is 6.18 Å². The van der Waals surface area contributed by atoms with Crippen LogP contribution in [0, 0.1) is 0 Å². The molecule has 0 aliphatic heterocycles. The summed E-state index contributed by atoms with van der Waals surface area (Å²) >= 11 is 0. The third-order valence-corrected chi connectivity index (χ3v) is 2.43. The highest BCUT2D eigenvalue weighted by atomic mass is 19.4. The van der Waals surface area contributed by atoms with Crippen molar-refractivity contribution in [1.82, 2.24) is 9.97 Å². The van der Waals surface area contributed by atoms with Gasteiger partial charge >= 0.3 is 6.18 Å². The van der Waals surface area contributed by atoms with Crippen LogP contribution in [0.5, 0.6) is 5.88 Å². The Morgan fingerprint density at radius 3 is 2.53 bits per heavy atom. The van der Waals surface area contributed by atoms with Gasteiger partial charge in [0.25, 0.3) is 0 Å². The lowest BCUT2D eigenvalue weighted by molar-refractivity contribution is -0.137. The number of aromatic nitrogens is 2. The fourth-order valence-electron chi connectivity index (χ4n) is 1.52. The number of H-pyrrole nitrogens is 1. The van der Waals surface area contributed by atoms with Gasteiger partial charge in [-0.15, -0.1) is 0 Å². The van der Waals surface area contributed by atoms with Crippen molar-refractivity contribution in [2.24, 2.45) is 0 Å². The van der Waals surface area contributed by atoms with Crippen LogP contribution in [0.25, 0.3) is 11.3 Å². The lowest BCUT2D eigenvalue weighted by Gasteiger charge is -2.08. The van der Waals surface area contributed by atoms with E-state index in [0.717, 1.165) is 6.07 Å². The molecule has 0 amide bonds. The second-order valence-corrected chi connectivity index (χ2v) is 3.73. The second kappa shape index (κ2) is 4.75. The molecule has 0 aromatic carbocycles. The van der Waals surface area contributed by atoms with E-state index in [-0.39, 0.29) is 5.69 Å². The molecule has 1 N–H and O–H groups in total. The average Bonchev–Trinajstić information content (AvgIpc) is 2.37. The van der Waals surface area contributed by atoms with Crippen molar-refractivity contribution in [3.63, 3.8) is 0 Å². The highest BCUT2D eigenvalue weighted by Crippen LogP contribution is 2.30. The van der Waals surface area contributed by atoms with Crippen LogP contribution in [0.2, 0.25) is 0 Å². The lowest BCUT2D eigenvalue weighted by atomic mass is 10.1. The fraction of sp³-hybridized carbons (Fsp3) is 0.167. The van der Waals surface area contributed by atoms with E-state index in [1.165, 1.54) is 25.4 Å². The van der Waals surface area contributed by atoms with Gasteiger partial charge in [-0.25, -0.2) is 4.98 Å². The summed E-state index contributed by atoms with van der Waals surface area (Å²) < 4.78 is 42.6. The number of hydrogen-bond acceptors (Lipinski definition) is 3. The van der Waals surface area contributed by atoms with E-state index in [9.17, 15) is 18.0 Å². The molecule has 0 spiro atoms. The largest absolute Gasteiger partial charge is 0.481 e. The maximum atomic E-state index is 12.6. The molecular formula is C12H9F3N2O2. The number of methoxy groups -OCH3 is 1. The van der Waals surface area contributed by atoms with Crippen LogP contribution in [-0.2, 0) is 6.18 Å². The number of halogens is 3. The van der Waals surface area contributed by atoms with Crippen molar-refractivity contribution in [3.8, 4) is 17.1 Å². The summed E-state index contributed by atoms with van der Waals surface area (Å²) in [5.74, 6) is 0.332. The summed E-state index contributed by atoms with van der Waals surface area (Å²) in [4.78, 5) is 17.5. The van der Waals surface area contributed by atoms with Crippen LogP contribution in [0.1, 0.15) is 5.56 Å². The zero-order valence-corrected chi connectivity index (χ0v) is 9.78. The molecule has 0 fully saturated rings. The van der Waals surface area contributed by atoms with Crippen molar-refractivity contribution in [3.05, 3.63) is 46.4 Å². The molecule has 0 atom stereocenters. The maximum Gasteiger partial charge on any atom is 0.416 e. The normalized spacial score (nSPS) is 11.4. The van der Waals surface area contributed by atoms with Gasteiger partial charge in [-0.3, -0.25) is 4.79 Å². The third kappa shape index (κ3) is 2.93. The summed E-state index contributed by atoms with van der Waals surface area (Å²) in [6.07, 6.45) is -3.24. The Bertz CT molecular complexity index is 633. The number of nitrogens with one attached hydrogen (secondary N) is 1. The summed E-state index contributed by atoms with van der Waals surface area (Å²) in [7, 11) is 1.42. The van der Waals surface area contributed by atoms with Gasteiger partial charge in [0.05, 0.1) is 18.4 Å². The van der Waals surface area contributed by atoms with Gasteiger partial charge in [-0.05, 0) is 12.1 Å². The molecule has 19 heavy (non-hydrogen) atoms. The minimum atomic E-state index is -4.57. The molecule has 0 aliphatic carbocycles. The molecule has 2 aromatic heterocycles. The highest BCUT2D eigenvalue weighted by Gasteiger charge is 2.31. The Labute approximate surface area is 105 Å². The van der Waals surface area contributed by atoms with Crippen LogP contribution in [0.4, 0.5) is 13.2 Å². The number of nitrogens with zero attached hydrogens (tertiary/aromatic N) is 1. The fourth-order valence-corrected chi connectivity index (χ4v) is 1.52. The topological polar surface area (TPSA) is 55.0 Å². The number of alkyl halides is 3. The molecule has 0 unspecified atom stereocenters. The first-order chi connectivity index (χ1) is 8.90. The third-order valence-electron chi connectivity index (χ3n) is 2.43. The Hall–Kier alpha value is -2.31. The van der Waals surface area contributed by atoms with Crippen LogP contribution in [-0.4, -0.2) is 17.1 Å². The van der Waals surface area contributed by atoms with E-state index in [0.29, 0.717) is 17.5 Å². The smallest absolute Gasteiger partial charge is 0.416 e. The van der Waals surface area contributed by atoms with Gasteiger partial charge in [-0.1, -0.05) is 0 Å². The highest BCUT2D eigenvalue weighted by molar-refractivity contribution is 5.59. The number of ether oxygens (including phenoxy) is 1. The number of rotatable bonds is 2. The van der Waals surface area contributed by atoms with Crippen molar-refractivity contribution in [1.29, 1.82) is 0 Å². The van der Waals surface area contributed by atoms with Crippen molar-refractivity contribution < 1.29 is 17.9 Å². The van der Waals surface area contributed by atoms with E-state index in [1.807, 2.05) is 0 Å². The molecule has 0 radical (unpaired) electrons. The van der Waals surface area contributed by atoms with Crippen LogP contribution >= 0.6 is 0 Å². The van der Waals surface area contributed by atoms with Crippen LogP contribution < -0.4 is 10.3 Å². The van der Waals surface area contributed by atoms with E-state index >= 15 is 0 Å². The minimum Gasteiger partial charge on any atom is -0.481 e. The van der Waals surface area contributed by atoms with Crippen LogP contribution in [0.15, 0.2) is 35.3 Å². The molecule has 0 aliphatic rings. The molecule has 2 rings (SSSR count). The molecule has 4 nitrogen and oxygen atoms in total. The summed E-state index contributed by atoms with van der Waals surface area (Å²) in [6.45, 7) is 0. The molecule has 2 heterocycles. The Morgan fingerprint density at radius 1 is 1.26 bits per heavy atom. The van der Waals surface area contributed by atoms with Gasteiger partial charge < -0.3 is 9.72 Å². The predicted octanol–water partition coefficient (Wildman–Crippen LogP) is 2.46. The Morgan fingerprint density at radius 2 is 2.00 bits per heavy atom. The standard InChI is InChI=1S/C12H9F3N2O2/c1-19-11-3-2-7(6-16-11)9-4-8(12(13,14)15)5-10(18)17-9/h2-6H,1H3,(H,17,18). The van der Waals surface area contributed by atoms with E-state index < -0.39 is 17.3 Å². The summed E-state index contributed by atoms with van der Waals surface area (Å²) in [6, 6.07) is 4.39. The molecule has 0 saturated carbocycles. The van der Waals surface area contributed by atoms with Gasteiger partial charge in [0, 0.05) is 23.9 Å². The van der Waals surface area contributed by atoms with E-state index in [4.69, 9.17) is 4.74 Å². The molecule has 100 valence electrons. The molecule has 0 saturated heterocycles. The Balaban J connectivity index is 2.49. The van der Waals surface area contributed by atoms with Gasteiger partial charge in [-0.2, -0.15) is 13.2 Å². The number of hydrogen-bond donors (Lipinski definition) is 1. The number of pyridine rings is 2. The molecular weight excluding hydrogens is 261 g/mol. The SMILES string of the molecule is COc1ccc(-c2cc(C(F)(F)F)cc(=O)[nH]2)cn1. The molecule has 2 aromatic rings. The van der Waals surface area contributed by atoms with Gasteiger partial charge in [0.2, 0.25) is 11.4 Å². The van der Waals surface area contributed by atoms with Crippen LogP contribution in [0.3, 0.4) is 0 Å². The first-order valence-electron chi connectivity index (χ1n) is 5.22. The van der Waals surface area contributed by atoms with E-state index in [1.54, 1.807) is 0 Å². The zero-order chi connectivity index (χ0) is 14.0.